The smallest absolute Gasteiger partial charge is 0.255 e. The monoisotopic (exact) mass is 291 g/mol. The molecule has 2 N–H and O–H groups in total. The number of phenols is 1. The second-order valence-electron chi connectivity index (χ2n) is 5.83. The largest absolute Gasteiger partial charge is 0.507 e. The Balaban J connectivity index is 1.60. The van der Waals surface area contributed by atoms with Gasteiger partial charge in [0, 0.05) is 18.9 Å². The molecule has 1 saturated carbocycles. The summed E-state index contributed by atoms with van der Waals surface area (Å²) < 4.78 is 11.4. The Hall–Kier alpha value is -1.59. The quantitative estimate of drug-likeness (QED) is 0.876. The van der Waals surface area contributed by atoms with Gasteiger partial charge in [-0.1, -0.05) is 12.1 Å². The molecule has 2 fully saturated rings. The molecule has 2 aliphatic rings. The van der Waals surface area contributed by atoms with Crippen LogP contribution >= 0.6 is 0 Å². The number of aryl methyl sites for hydroxylation is 1. The van der Waals surface area contributed by atoms with Crippen LogP contribution in [0.25, 0.3) is 0 Å². The molecule has 5 heteroatoms. The van der Waals surface area contributed by atoms with Gasteiger partial charge in [-0.3, -0.25) is 4.79 Å². The molecule has 1 saturated heterocycles. The first kappa shape index (κ1) is 14.4. The van der Waals surface area contributed by atoms with Crippen LogP contribution in [0.15, 0.2) is 18.2 Å². The molecule has 1 aliphatic heterocycles. The highest BCUT2D eigenvalue weighted by Gasteiger charge is 2.40. The molecule has 1 heterocycles. The van der Waals surface area contributed by atoms with Gasteiger partial charge in [0.15, 0.2) is 5.79 Å². The predicted molar refractivity (Wildman–Crippen MR) is 77.2 cm³/mol. The van der Waals surface area contributed by atoms with Crippen molar-refractivity contribution in [1.29, 1.82) is 0 Å². The third kappa shape index (κ3) is 2.89. The maximum atomic E-state index is 12.3. The van der Waals surface area contributed by atoms with Gasteiger partial charge in [-0.15, -0.1) is 0 Å². The van der Waals surface area contributed by atoms with Crippen LogP contribution in [-0.4, -0.2) is 36.1 Å². The van der Waals surface area contributed by atoms with E-state index >= 15 is 0 Å². The normalized spacial score (nSPS) is 21.6. The number of amides is 1. The van der Waals surface area contributed by atoms with Crippen molar-refractivity contribution >= 4 is 5.91 Å². The lowest BCUT2D eigenvalue weighted by Gasteiger charge is -2.35. The molecular formula is C16H21NO4. The Kier molecular flexibility index (Phi) is 3.87. The van der Waals surface area contributed by atoms with Crippen LogP contribution in [0, 0.1) is 6.92 Å². The van der Waals surface area contributed by atoms with Crippen LogP contribution in [0.5, 0.6) is 5.75 Å². The van der Waals surface area contributed by atoms with Crippen molar-refractivity contribution in [3.63, 3.8) is 0 Å². The minimum absolute atomic E-state index is 0.0599. The van der Waals surface area contributed by atoms with Gasteiger partial charge in [0.1, 0.15) is 5.75 Å². The van der Waals surface area contributed by atoms with Crippen LogP contribution < -0.4 is 5.32 Å². The molecule has 0 unspecified atom stereocenters. The Labute approximate surface area is 124 Å². The number of para-hydroxylation sites is 1. The maximum absolute atomic E-state index is 12.3. The molecule has 114 valence electrons. The fraction of sp³-hybridized carbons (Fsp3) is 0.562. The number of carbonyl (C=O) groups excluding carboxylic acids is 1. The van der Waals surface area contributed by atoms with E-state index in [-0.39, 0.29) is 17.7 Å². The predicted octanol–water partition coefficient (Wildman–Crippen LogP) is 2.12. The maximum Gasteiger partial charge on any atom is 0.255 e. The highest BCUT2D eigenvalue weighted by Crippen LogP contribution is 2.35. The van der Waals surface area contributed by atoms with Gasteiger partial charge in [-0.25, -0.2) is 0 Å². The van der Waals surface area contributed by atoms with Crippen LogP contribution in [0.4, 0.5) is 0 Å². The fourth-order valence-electron chi connectivity index (χ4n) is 3.09. The van der Waals surface area contributed by atoms with E-state index in [9.17, 15) is 9.90 Å². The SMILES string of the molecule is Cc1cccc(C(=O)NC2CCC3(CC2)OCCO3)c1O. The second-order valence-corrected chi connectivity index (χ2v) is 5.83. The van der Waals surface area contributed by atoms with E-state index in [2.05, 4.69) is 5.32 Å². The van der Waals surface area contributed by atoms with Gasteiger partial charge in [0.2, 0.25) is 0 Å². The number of benzene rings is 1. The van der Waals surface area contributed by atoms with Crippen LogP contribution in [0.1, 0.15) is 41.6 Å². The lowest BCUT2D eigenvalue weighted by atomic mass is 9.90. The molecular weight excluding hydrogens is 270 g/mol. The Bertz CT molecular complexity index is 527. The second kappa shape index (κ2) is 5.66. The molecule has 21 heavy (non-hydrogen) atoms. The van der Waals surface area contributed by atoms with E-state index in [1.807, 2.05) is 0 Å². The number of hydrogen-bond donors (Lipinski definition) is 2. The molecule has 3 rings (SSSR count). The van der Waals surface area contributed by atoms with Gasteiger partial charge >= 0.3 is 0 Å². The summed E-state index contributed by atoms with van der Waals surface area (Å²) >= 11 is 0. The third-order valence-corrected chi connectivity index (χ3v) is 4.38. The van der Waals surface area contributed by atoms with Crippen molar-refractivity contribution in [2.45, 2.75) is 44.4 Å². The fourth-order valence-corrected chi connectivity index (χ4v) is 3.09. The summed E-state index contributed by atoms with van der Waals surface area (Å²) in [5.41, 5.74) is 1.04. The van der Waals surface area contributed by atoms with Gasteiger partial charge < -0.3 is 19.9 Å². The first-order valence-electron chi connectivity index (χ1n) is 7.47. The molecule has 0 radical (unpaired) electrons. The number of rotatable bonds is 2. The number of ether oxygens (including phenoxy) is 2. The van der Waals surface area contributed by atoms with Crippen molar-refractivity contribution in [2.24, 2.45) is 0 Å². The zero-order valence-electron chi connectivity index (χ0n) is 12.2. The lowest BCUT2D eigenvalue weighted by molar-refractivity contribution is -0.179. The van der Waals surface area contributed by atoms with Gasteiger partial charge in [-0.05, 0) is 31.4 Å². The zero-order valence-corrected chi connectivity index (χ0v) is 12.2. The summed E-state index contributed by atoms with van der Waals surface area (Å²) in [5.74, 6) is -0.567. The summed E-state index contributed by atoms with van der Waals surface area (Å²) in [6, 6.07) is 5.31. The van der Waals surface area contributed by atoms with Crippen molar-refractivity contribution in [3.8, 4) is 5.75 Å². The molecule has 1 aromatic rings. The van der Waals surface area contributed by atoms with Crippen molar-refractivity contribution in [2.75, 3.05) is 13.2 Å². The number of hydrogen-bond acceptors (Lipinski definition) is 4. The first-order chi connectivity index (χ1) is 10.1. The van der Waals surface area contributed by atoms with E-state index in [0.717, 1.165) is 25.7 Å². The molecule has 0 aromatic heterocycles. The topological polar surface area (TPSA) is 67.8 Å². The zero-order chi connectivity index (χ0) is 14.9. The Morgan fingerprint density at radius 3 is 2.62 bits per heavy atom. The van der Waals surface area contributed by atoms with Crippen LogP contribution in [-0.2, 0) is 9.47 Å². The summed E-state index contributed by atoms with van der Waals surface area (Å²) in [6.07, 6.45) is 3.27. The van der Waals surface area contributed by atoms with Crippen molar-refractivity contribution < 1.29 is 19.4 Å². The molecule has 1 aromatic carbocycles. The lowest BCUT2D eigenvalue weighted by Crippen LogP contribution is -2.44. The molecule has 0 atom stereocenters. The summed E-state index contributed by atoms with van der Waals surface area (Å²) in [7, 11) is 0. The molecule has 5 nitrogen and oxygen atoms in total. The molecule has 0 bridgehead atoms. The minimum Gasteiger partial charge on any atom is -0.507 e. The highest BCUT2D eigenvalue weighted by atomic mass is 16.7. The van der Waals surface area contributed by atoms with Gasteiger partial charge in [0.05, 0.1) is 18.8 Å². The summed E-state index contributed by atoms with van der Waals surface area (Å²) in [4.78, 5) is 12.3. The molecule has 1 spiro atoms. The van der Waals surface area contributed by atoms with E-state index in [1.54, 1.807) is 25.1 Å². The summed E-state index contributed by atoms with van der Waals surface area (Å²) in [5, 5.41) is 13.0. The Morgan fingerprint density at radius 1 is 1.29 bits per heavy atom. The van der Waals surface area contributed by atoms with E-state index in [4.69, 9.17) is 9.47 Å². The highest BCUT2D eigenvalue weighted by molar-refractivity contribution is 5.97. The van der Waals surface area contributed by atoms with Gasteiger partial charge in [-0.2, -0.15) is 0 Å². The number of carbonyl (C=O) groups is 1. The van der Waals surface area contributed by atoms with Crippen molar-refractivity contribution in [3.05, 3.63) is 29.3 Å². The van der Waals surface area contributed by atoms with E-state index < -0.39 is 5.79 Å². The van der Waals surface area contributed by atoms with Crippen LogP contribution in [0.2, 0.25) is 0 Å². The van der Waals surface area contributed by atoms with E-state index in [0.29, 0.717) is 24.3 Å². The number of phenolic OH excluding ortho intramolecular Hbond substituents is 1. The molecule has 1 aliphatic carbocycles. The van der Waals surface area contributed by atoms with Crippen LogP contribution in [0.3, 0.4) is 0 Å². The van der Waals surface area contributed by atoms with E-state index in [1.165, 1.54) is 0 Å². The number of nitrogens with one attached hydrogen (secondary N) is 1. The minimum atomic E-state index is -0.410. The average Bonchev–Trinajstić information content (AvgIpc) is 2.93. The summed E-state index contributed by atoms with van der Waals surface area (Å²) in [6.45, 7) is 3.10. The first-order valence-corrected chi connectivity index (χ1v) is 7.47. The third-order valence-electron chi connectivity index (χ3n) is 4.38. The molecule has 1 amide bonds. The van der Waals surface area contributed by atoms with Gasteiger partial charge in [0.25, 0.3) is 5.91 Å². The average molecular weight is 291 g/mol. The standard InChI is InChI=1S/C16H21NO4/c1-11-3-2-4-13(14(11)18)15(19)17-12-5-7-16(8-6-12)20-9-10-21-16/h2-4,12,18H,5-10H2,1H3,(H,17,19). The Morgan fingerprint density at radius 2 is 1.95 bits per heavy atom. The van der Waals surface area contributed by atoms with Crippen molar-refractivity contribution in [1.82, 2.24) is 5.32 Å². The number of aromatic hydroxyl groups is 1.